The Morgan fingerprint density at radius 2 is 0.930 bits per heavy atom. The molecule has 262 valence electrons. The minimum Gasteiger partial charge on any atom is -0.318 e. The third-order valence-corrected chi connectivity index (χ3v) is 11.3. The van der Waals surface area contributed by atoms with E-state index < -0.39 is 0 Å². The summed E-state index contributed by atoms with van der Waals surface area (Å²) in [4.78, 5) is 7.62. The SMILES string of the molecule is [C-]#[N+]c1cc(C#N)c2c(c1)c1ccccc1n2-c1ccc(-c2ccc(-n3c4ccccc4c4ccc(-n5c6ccccc6c6ccccc65)cc43)cc2)cc1[N+]#[C-]. The van der Waals surface area contributed by atoms with Crippen LogP contribution in [0.4, 0.5) is 11.4 Å². The molecule has 0 spiro atoms. The Balaban J connectivity index is 1.04. The molecule has 0 N–H and O–H groups in total. The molecule has 3 heterocycles. The highest BCUT2D eigenvalue weighted by atomic mass is 15.0. The summed E-state index contributed by atoms with van der Waals surface area (Å²) in [5.41, 5.74) is 12.2. The van der Waals surface area contributed by atoms with Gasteiger partial charge >= 0.3 is 0 Å². The van der Waals surface area contributed by atoms with Crippen molar-refractivity contribution in [3.8, 4) is 34.3 Å². The zero-order chi connectivity index (χ0) is 38.2. The minimum absolute atomic E-state index is 0.400. The van der Waals surface area contributed by atoms with Crippen molar-refractivity contribution >= 4 is 76.8 Å². The minimum atomic E-state index is 0.400. The van der Waals surface area contributed by atoms with Crippen LogP contribution in [0.2, 0.25) is 0 Å². The molecule has 11 aromatic rings. The van der Waals surface area contributed by atoms with Crippen LogP contribution in [0, 0.1) is 24.5 Å². The highest BCUT2D eigenvalue weighted by Gasteiger charge is 2.20. The molecule has 0 saturated carbocycles. The zero-order valence-electron chi connectivity index (χ0n) is 30.3. The van der Waals surface area contributed by atoms with Crippen LogP contribution in [0.5, 0.6) is 0 Å². The summed E-state index contributed by atoms with van der Waals surface area (Å²) < 4.78 is 6.69. The molecular formula is C51H28N6. The molecule has 11 rings (SSSR count). The van der Waals surface area contributed by atoms with Crippen LogP contribution < -0.4 is 0 Å². The first-order valence-corrected chi connectivity index (χ1v) is 18.6. The van der Waals surface area contributed by atoms with Gasteiger partial charge in [-0.3, -0.25) is 0 Å². The van der Waals surface area contributed by atoms with Gasteiger partial charge in [0.2, 0.25) is 5.69 Å². The molecule has 0 radical (unpaired) electrons. The molecule has 0 unspecified atom stereocenters. The van der Waals surface area contributed by atoms with Crippen LogP contribution in [-0.4, -0.2) is 13.7 Å². The molecule has 3 aromatic heterocycles. The standard InChI is InChI=1S/C51H28N6/c1-53-35-27-34(31-52)51-43(29-35)41-14-6-10-18-48(41)57(51)49-26-21-33(28-44(49)54-2)32-19-22-36(23-20-32)55-45-15-7-5-13-40(45)42-25-24-37(30-50(42)55)56-46-16-8-3-11-38(46)39-12-4-9-17-47(39)56/h3-30H. The number of nitriles is 1. The van der Waals surface area contributed by atoms with Crippen LogP contribution in [0.3, 0.4) is 0 Å². The van der Waals surface area contributed by atoms with Crippen molar-refractivity contribution in [1.82, 2.24) is 13.7 Å². The smallest absolute Gasteiger partial charge is 0.211 e. The number of fused-ring (bicyclic) bond motifs is 9. The van der Waals surface area contributed by atoms with E-state index in [1.54, 1.807) is 6.07 Å². The Morgan fingerprint density at radius 3 is 1.51 bits per heavy atom. The summed E-state index contributed by atoms with van der Waals surface area (Å²) in [5, 5.41) is 16.8. The Labute approximate surface area is 327 Å². The second-order valence-corrected chi connectivity index (χ2v) is 14.3. The lowest BCUT2D eigenvalue weighted by molar-refractivity contribution is 1.15. The molecule has 0 fully saturated rings. The Morgan fingerprint density at radius 1 is 0.421 bits per heavy atom. The Kier molecular flexibility index (Phi) is 6.95. The molecule has 0 aliphatic rings. The summed E-state index contributed by atoms with van der Waals surface area (Å²) in [6.07, 6.45) is 0. The first-order chi connectivity index (χ1) is 28.1. The average Bonchev–Trinajstić information content (AvgIpc) is 3.91. The van der Waals surface area contributed by atoms with E-state index in [9.17, 15) is 5.26 Å². The first kappa shape index (κ1) is 32.1. The molecule has 0 amide bonds. The molecule has 0 aliphatic carbocycles. The number of para-hydroxylation sites is 4. The highest BCUT2D eigenvalue weighted by molar-refractivity contribution is 6.13. The van der Waals surface area contributed by atoms with Gasteiger partial charge in [-0.25, -0.2) is 9.69 Å². The molecule has 6 nitrogen and oxygen atoms in total. The zero-order valence-corrected chi connectivity index (χ0v) is 30.3. The summed E-state index contributed by atoms with van der Waals surface area (Å²) in [5.74, 6) is 0. The fourth-order valence-corrected chi connectivity index (χ4v) is 8.84. The predicted octanol–water partition coefficient (Wildman–Crippen LogP) is 13.6. The van der Waals surface area contributed by atoms with Crippen LogP contribution in [0.25, 0.3) is 103 Å². The van der Waals surface area contributed by atoms with Crippen LogP contribution >= 0.6 is 0 Å². The number of nitrogens with zero attached hydrogens (tertiary/aromatic N) is 6. The van der Waals surface area contributed by atoms with E-state index in [4.69, 9.17) is 13.1 Å². The van der Waals surface area contributed by atoms with Gasteiger partial charge in [0, 0.05) is 38.3 Å². The normalized spacial score (nSPS) is 11.5. The van der Waals surface area contributed by atoms with Crippen molar-refractivity contribution in [3.05, 3.63) is 198 Å². The van der Waals surface area contributed by atoms with E-state index >= 15 is 0 Å². The molecule has 8 aromatic carbocycles. The van der Waals surface area contributed by atoms with Crippen molar-refractivity contribution in [3.63, 3.8) is 0 Å². The van der Waals surface area contributed by atoms with Gasteiger partial charge in [-0.2, -0.15) is 5.26 Å². The molecule has 0 atom stereocenters. The number of benzene rings is 8. The number of aromatic nitrogens is 3. The monoisotopic (exact) mass is 724 g/mol. The fraction of sp³-hybridized carbons (Fsp3) is 0. The fourth-order valence-electron chi connectivity index (χ4n) is 8.84. The maximum Gasteiger partial charge on any atom is 0.211 e. The van der Waals surface area contributed by atoms with E-state index in [-0.39, 0.29) is 0 Å². The summed E-state index contributed by atoms with van der Waals surface area (Å²) in [6.45, 7) is 15.9. The van der Waals surface area contributed by atoms with Gasteiger partial charge < -0.3 is 13.7 Å². The maximum absolute atomic E-state index is 10.2. The summed E-state index contributed by atoms with van der Waals surface area (Å²) in [6, 6.07) is 60.7. The Hall–Kier alpha value is -8.37. The maximum atomic E-state index is 10.2. The van der Waals surface area contributed by atoms with E-state index in [2.05, 4.69) is 140 Å². The second-order valence-electron chi connectivity index (χ2n) is 14.3. The lowest BCUT2D eigenvalue weighted by Gasteiger charge is -2.14. The molecule has 0 saturated heterocycles. The van der Waals surface area contributed by atoms with Crippen molar-refractivity contribution < 1.29 is 0 Å². The Bertz CT molecular complexity index is 3560. The average molecular weight is 725 g/mol. The molecular weight excluding hydrogens is 697 g/mol. The van der Waals surface area contributed by atoms with Crippen LogP contribution in [0.1, 0.15) is 5.56 Å². The van der Waals surface area contributed by atoms with Crippen LogP contribution in [0.15, 0.2) is 170 Å². The number of hydrogen-bond donors (Lipinski definition) is 0. The van der Waals surface area contributed by atoms with Gasteiger partial charge in [-0.1, -0.05) is 97.1 Å². The molecule has 57 heavy (non-hydrogen) atoms. The van der Waals surface area contributed by atoms with E-state index in [1.807, 2.05) is 53.1 Å². The summed E-state index contributed by atoms with van der Waals surface area (Å²) >= 11 is 0. The largest absolute Gasteiger partial charge is 0.318 e. The van der Waals surface area contributed by atoms with E-state index in [0.717, 1.165) is 49.8 Å². The van der Waals surface area contributed by atoms with Gasteiger partial charge in [-0.15, -0.1) is 0 Å². The van der Waals surface area contributed by atoms with Crippen molar-refractivity contribution in [1.29, 1.82) is 5.26 Å². The van der Waals surface area contributed by atoms with Crippen molar-refractivity contribution in [2.75, 3.05) is 0 Å². The molecule has 0 aliphatic heterocycles. The molecule has 6 heteroatoms. The van der Waals surface area contributed by atoms with Gasteiger partial charge in [-0.05, 0) is 89.3 Å². The van der Waals surface area contributed by atoms with Crippen molar-refractivity contribution in [2.45, 2.75) is 0 Å². The number of rotatable bonds is 4. The van der Waals surface area contributed by atoms with Gasteiger partial charge in [0.15, 0.2) is 5.69 Å². The number of hydrogen-bond acceptors (Lipinski definition) is 1. The van der Waals surface area contributed by atoms with Crippen molar-refractivity contribution in [2.24, 2.45) is 0 Å². The topological polar surface area (TPSA) is 47.3 Å². The lowest BCUT2D eigenvalue weighted by atomic mass is 10.0. The van der Waals surface area contributed by atoms with E-state index in [0.29, 0.717) is 28.1 Å². The predicted molar refractivity (Wildman–Crippen MR) is 232 cm³/mol. The second kappa shape index (κ2) is 12.3. The van der Waals surface area contributed by atoms with Gasteiger partial charge in [0.1, 0.15) is 6.07 Å². The van der Waals surface area contributed by atoms with Gasteiger partial charge in [0.05, 0.1) is 57.5 Å². The van der Waals surface area contributed by atoms with Gasteiger partial charge in [0.25, 0.3) is 0 Å². The molecule has 0 bridgehead atoms. The van der Waals surface area contributed by atoms with E-state index in [1.165, 1.54) is 32.6 Å². The third-order valence-electron chi connectivity index (χ3n) is 11.3. The van der Waals surface area contributed by atoms with Crippen LogP contribution in [-0.2, 0) is 0 Å². The quantitative estimate of drug-likeness (QED) is 0.167. The third kappa shape index (κ3) is 4.68. The first-order valence-electron chi connectivity index (χ1n) is 18.6. The lowest BCUT2D eigenvalue weighted by Crippen LogP contribution is -1.97. The highest BCUT2D eigenvalue weighted by Crippen LogP contribution is 2.41. The summed E-state index contributed by atoms with van der Waals surface area (Å²) in [7, 11) is 0.